The molecule has 1 atom stereocenters. The standard InChI is InChI=1S/C14H16N2OS/c1-9-5-6-12(18-9)13(16-15)11-4-2-3-10-7-8-17-14(10)11/h2-6,13,16H,7-8,15H2,1H3. The molecule has 3 nitrogen and oxygen atoms in total. The van der Waals surface area contributed by atoms with E-state index in [0.717, 1.165) is 24.3 Å². The fourth-order valence-electron chi connectivity index (χ4n) is 2.40. The van der Waals surface area contributed by atoms with Gasteiger partial charge in [0, 0.05) is 21.7 Å². The van der Waals surface area contributed by atoms with E-state index in [-0.39, 0.29) is 6.04 Å². The third kappa shape index (κ3) is 1.92. The first kappa shape index (κ1) is 11.7. The van der Waals surface area contributed by atoms with Crippen LogP contribution in [0.1, 0.15) is 26.9 Å². The Balaban J connectivity index is 2.05. The first-order valence-electron chi connectivity index (χ1n) is 6.06. The molecule has 0 saturated heterocycles. The zero-order valence-corrected chi connectivity index (χ0v) is 11.1. The highest BCUT2D eigenvalue weighted by Crippen LogP contribution is 2.37. The van der Waals surface area contributed by atoms with Crippen molar-refractivity contribution in [1.29, 1.82) is 0 Å². The van der Waals surface area contributed by atoms with Gasteiger partial charge in [0.05, 0.1) is 12.6 Å². The van der Waals surface area contributed by atoms with Gasteiger partial charge in [0.1, 0.15) is 5.75 Å². The fraction of sp³-hybridized carbons (Fsp3) is 0.286. The zero-order valence-electron chi connectivity index (χ0n) is 10.3. The number of ether oxygens (including phenoxy) is 1. The lowest BCUT2D eigenvalue weighted by molar-refractivity contribution is 0.350. The second kappa shape index (κ2) is 4.72. The summed E-state index contributed by atoms with van der Waals surface area (Å²) >= 11 is 1.76. The minimum absolute atomic E-state index is 0.0109. The Bertz CT molecular complexity index is 565. The molecule has 0 radical (unpaired) electrons. The van der Waals surface area contributed by atoms with Crippen LogP contribution in [0.15, 0.2) is 30.3 Å². The summed E-state index contributed by atoms with van der Waals surface area (Å²) in [6.45, 7) is 2.88. The molecule has 4 heteroatoms. The lowest BCUT2D eigenvalue weighted by Gasteiger charge is -2.17. The molecular formula is C14H16N2OS. The van der Waals surface area contributed by atoms with Crippen molar-refractivity contribution in [2.75, 3.05) is 6.61 Å². The molecule has 18 heavy (non-hydrogen) atoms. The first-order chi connectivity index (χ1) is 8.79. The van der Waals surface area contributed by atoms with Crippen molar-refractivity contribution in [2.24, 2.45) is 5.84 Å². The van der Waals surface area contributed by atoms with Gasteiger partial charge in [0.2, 0.25) is 0 Å². The summed E-state index contributed by atoms with van der Waals surface area (Å²) < 4.78 is 5.75. The monoisotopic (exact) mass is 260 g/mol. The van der Waals surface area contributed by atoms with Gasteiger partial charge in [-0.3, -0.25) is 5.84 Å². The Labute approximate surface area is 111 Å². The second-order valence-corrected chi connectivity index (χ2v) is 5.80. The molecule has 1 unspecified atom stereocenters. The van der Waals surface area contributed by atoms with E-state index in [2.05, 4.69) is 42.7 Å². The molecule has 0 aliphatic carbocycles. The molecule has 1 aliphatic rings. The Morgan fingerprint density at radius 3 is 2.94 bits per heavy atom. The average molecular weight is 260 g/mol. The third-order valence-corrected chi connectivity index (χ3v) is 4.33. The van der Waals surface area contributed by atoms with Crippen LogP contribution in [0.4, 0.5) is 0 Å². The molecule has 0 fully saturated rings. The Kier molecular flexibility index (Phi) is 3.07. The van der Waals surface area contributed by atoms with E-state index in [1.807, 2.05) is 0 Å². The van der Waals surface area contributed by atoms with E-state index in [9.17, 15) is 0 Å². The van der Waals surface area contributed by atoms with Crippen LogP contribution in [0, 0.1) is 6.92 Å². The zero-order chi connectivity index (χ0) is 12.5. The number of thiophene rings is 1. The van der Waals surface area contributed by atoms with E-state index in [0.29, 0.717) is 0 Å². The van der Waals surface area contributed by atoms with Crippen molar-refractivity contribution in [3.05, 3.63) is 51.2 Å². The number of hydrogen-bond donors (Lipinski definition) is 2. The van der Waals surface area contributed by atoms with Crippen LogP contribution in [0.2, 0.25) is 0 Å². The summed E-state index contributed by atoms with van der Waals surface area (Å²) in [6.07, 6.45) is 0.990. The SMILES string of the molecule is Cc1ccc(C(NN)c2cccc3c2OCC3)s1. The Morgan fingerprint density at radius 1 is 1.33 bits per heavy atom. The number of fused-ring (bicyclic) bond motifs is 1. The predicted molar refractivity (Wildman–Crippen MR) is 73.9 cm³/mol. The minimum atomic E-state index is 0.0109. The molecule has 0 spiro atoms. The smallest absolute Gasteiger partial charge is 0.127 e. The number of rotatable bonds is 3. The highest BCUT2D eigenvalue weighted by molar-refractivity contribution is 7.12. The molecular weight excluding hydrogens is 244 g/mol. The van der Waals surface area contributed by atoms with Crippen molar-refractivity contribution in [3.63, 3.8) is 0 Å². The summed E-state index contributed by atoms with van der Waals surface area (Å²) in [6, 6.07) is 10.5. The van der Waals surface area contributed by atoms with Crippen LogP contribution in [0.25, 0.3) is 0 Å². The summed E-state index contributed by atoms with van der Waals surface area (Å²) in [7, 11) is 0. The summed E-state index contributed by atoms with van der Waals surface area (Å²) in [4.78, 5) is 2.51. The molecule has 1 aliphatic heterocycles. The maximum Gasteiger partial charge on any atom is 0.127 e. The molecule has 2 aromatic rings. The van der Waals surface area contributed by atoms with Gasteiger partial charge in [-0.2, -0.15) is 0 Å². The van der Waals surface area contributed by atoms with Crippen LogP contribution in [-0.4, -0.2) is 6.61 Å². The number of aryl methyl sites for hydroxylation is 1. The summed E-state index contributed by atoms with van der Waals surface area (Å²) in [5.74, 6) is 6.75. The van der Waals surface area contributed by atoms with Gasteiger partial charge in [0.25, 0.3) is 0 Å². The van der Waals surface area contributed by atoms with Gasteiger partial charge in [-0.25, -0.2) is 5.43 Å². The van der Waals surface area contributed by atoms with Crippen molar-refractivity contribution >= 4 is 11.3 Å². The van der Waals surface area contributed by atoms with Crippen molar-refractivity contribution in [1.82, 2.24) is 5.43 Å². The molecule has 94 valence electrons. The molecule has 3 N–H and O–H groups in total. The van der Waals surface area contributed by atoms with Gasteiger partial charge < -0.3 is 4.74 Å². The lowest BCUT2D eigenvalue weighted by Crippen LogP contribution is -2.28. The van der Waals surface area contributed by atoms with E-state index in [1.54, 1.807) is 11.3 Å². The number of para-hydroxylation sites is 1. The van der Waals surface area contributed by atoms with Crippen molar-refractivity contribution in [2.45, 2.75) is 19.4 Å². The van der Waals surface area contributed by atoms with Gasteiger partial charge in [0.15, 0.2) is 0 Å². The van der Waals surface area contributed by atoms with Crippen molar-refractivity contribution < 1.29 is 4.74 Å². The minimum Gasteiger partial charge on any atom is -0.493 e. The van der Waals surface area contributed by atoms with Gasteiger partial charge in [-0.15, -0.1) is 11.3 Å². The largest absolute Gasteiger partial charge is 0.493 e. The highest BCUT2D eigenvalue weighted by Gasteiger charge is 2.23. The topological polar surface area (TPSA) is 47.3 Å². The number of benzene rings is 1. The fourth-order valence-corrected chi connectivity index (χ4v) is 3.36. The van der Waals surface area contributed by atoms with Crippen LogP contribution in [0.5, 0.6) is 5.75 Å². The maximum atomic E-state index is 5.75. The first-order valence-corrected chi connectivity index (χ1v) is 6.88. The molecule has 3 rings (SSSR count). The normalized spacial score (nSPS) is 15.2. The van der Waals surface area contributed by atoms with E-state index < -0.39 is 0 Å². The number of hydrogen-bond acceptors (Lipinski definition) is 4. The number of nitrogens with one attached hydrogen (secondary N) is 1. The molecule has 0 saturated carbocycles. The van der Waals surface area contributed by atoms with E-state index in [1.165, 1.54) is 15.3 Å². The molecule has 2 heterocycles. The molecule has 0 amide bonds. The summed E-state index contributed by atoms with van der Waals surface area (Å²) in [5, 5.41) is 0. The van der Waals surface area contributed by atoms with Gasteiger partial charge >= 0.3 is 0 Å². The van der Waals surface area contributed by atoms with Crippen molar-refractivity contribution in [3.8, 4) is 5.75 Å². The van der Waals surface area contributed by atoms with Crippen LogP contribution < -0.4 is 16.0 Å². The molecule has 0 bridgehead atoms. The van der Waals surface area contributed by atoms with E-state index in [4.69, 9.17) is 10.6 Å². The maximum absolute atomic E-state index is 5.75. The third-order valence-electron chi connectivity index (χ3n) is 3.27. The van der Waals surface area contributed by atoms with Crippen LogP contribution in [0.3, 0.4) is 0 Å². The van der Waals surface area contributed by atoms with Gasteiger partial charge in [-0.1, -0.05) is 18.2 Å². The number of nitrogens with two attached hydrogens (primary N) is 1. The highest BCUT2D eigenvalue weighted by atomic mass is 32.1. The van der Waals surface area contributed by atoms with Crippen LogP contribution in [-0.2, 0) is 6.42 Å². The van der Waals surface area contributed by atoms with Gasteiger partial charge in [-0.05, 0) is 24.6 Å². The average Bonchev–Trinajstić information content (AvgIpc) is 2.99. The second-order valence-electron chi connectivity index (χ2n) is 4.48. The molecule has 1 aromatic heterocycles. The van der Waals surface area contributed by atoms with Crippen LogP contribution >= 0.6 is 11.3 Å². The molecule has 1 aromatic carbocycles. The van der Waals surface area contributed by atoms with E-state index >= 15 is 0 Å². The Hall–Kier alpha value is -1.36. The number of hydrazine groups is 1. The Morgan fingerprint density at radius 2 is 2.22 bits per heavy atom. The quantitative estimate of drug-likeness (QED) is 0.658. The summed E-state index contributed by atoms with van der Waals surface area (Å²) in [5.41, 5.74) is 5.32. The predicted octanol–water partition coefficient (Wildman–Crippen LogP) is 2.54. The lowest BCUT2D eigenvalue weighted by atomic mass is 10.0.